The standard InChI is InChI=1S/C29H25Cl2N3O3S/c1-3-37-22-12-10-21(11-13-22)34-28(36)26(16-19-9-14-24(30)25(31)15-19)38-29(34)23(17-32)27(35)33-18(2)20-7-5-4-6-8-20/h4-15,18,26H,3,16H2,1-2H3,(H,33,35)/b29-23-. The van der Waals surface area contributed by atoms with E-state index in [1.165, 1.54) is 16.7 Å². The van der Waals surface area contributed by atoms with Crippen LogP contribution in [0.4, 0.5) is 5.69 Å². The highest BCUT2D eigenvalue weighted by atomic mass is 35.5. The lowest BCUT2D eigenvalue weighted by molar-refractivity contribution is -0.117. The van der Waals surface area contributed by atoms with Crippen LogP contribution in [0, 0.1) is 11.3 Å². The predicted molar refractivity (Wildman–Crippen MR) is 152 cm³/mol. The van der Waals surface area contributed by atoms with Crippen LogP contribution < -0.4 is 15.0 Å². The molecule has 0 saturated carbocycles. The van der Waals surface area contributed by atoms with E-state index in [1.807, 2.05) is 56.3 Å². The molecule has 0 bridgehead atoms. The summed E-state index contributed by atoms with van der Waals surface area (Å²) in [7, 11) is 0. The summed E-state index contributed by atoms with van der Waals surface area (Å²) in [5.41, 5.74) is 2.13. The zero-order chi connectivity index (χ0) is 27.2. The lowest BCUT2D eigenvalue weighted by atomic mass is 10.1. The molecule has 38 heavy (non-hydrogen) atoms. The number of rotatable bonds is 8. The Morgan fingerprint density at radius 2 is 1.82 bits per heavy atom. The van der Waals surface area contributed by atoms with Crippen molar-refractivity contribution in [3.05, 3.63) is 105 Å². The Bertz CT molecular complexity index is 1400. The van der Waals surface area contributed by atoms with Gasteiger partial charge in [0.05, 0.1) is 27.9 Å². The molecule has 1 fully saturated rings. The molecular weight excluding hydrogens is 541 g/mol. The maximum Gasteiger partial charge on any atom is 0.265 e. The van der Waals surface area contributed by atoms with Gasteiger partial charge in [0.2, 0.25) is 5.91 Å². The van der Waals surface area contributed by atoms with Crippen LogP contribution in [-0.2, 0) is 16.0 Å². The molecule has 0 spiro atoms. The van der Waals surface area contributed by atoms with E-state index in [4.69, 9.17) is 27.9 Å². The second-order valence-electron chi connectivity index (χ2n) is 8.56. The highest BCUT2D eigenvalue weighted by molar-refractivity contribution is 8.05. The van der Waals surface area contributed by atoms with Crippen molar-refractivity contribution in [3.8, 4) is 11.8 Å². The third-order valence-electron chi connectivity index (χ3n) is 5.96. The number of amides is 2. The van der Waals surface area contributed by atoms with Gasteiger partial charge in [0, 0.05) is 5.69 Å². The van der Waals surface area contributed by atoms with E-state index in [0.29, 0.717) is 34.5 Å². The summed E-state index contributed by atoms with van der Waals surface area (Å²) in [5, 5.41) is 13.5. The van der Waals surface area contributed by atoms with E-state index in [0.717, 1.165) is 11.1 Å². The number of ether oxygens (including phenoxy) is 1. The molecule has 1 aliphatic rings. The maximum atomic E-state index is 13.7. The van der Waals surface area contributed by atoms with E-state index in [1.54, 1.807) is 36.4 Å². The zero-order valence-electron chi connectivity index (χ0n) is 20.8. The quantitative estimate of drug-likeness (QED) is 0.243. The first-order valence-corrected chi connectivity index (χ1v) is 13.6. The zero-order valence-corrected chi connectivity index (χ0v) is 23.1. The van der Waals surface area contributed by atoms with Crippen molar-refractivity contribution in [3.63, 3.8) is 0 Å². The average Bonchev–Trinajstić information content (AvgIpc) is 3.23. The molecule has 1 N–H and O–H groups in total. The summed E-state index contributed by atoms with van der Waals surface area (Å²) in [6.45, 7) is 4.24. The van der Waals surface area contributed by atoms with E-state index in [9.17, 15) is 14.9 Å². The summed E-state index contributed by atoms with van der Waals surface area (Å²) < 4.78 is 5.53. The van der Waals surface area contributed by atoms with Crippen molar-refractivity contribution in [2.24, 2.45) is 0 Å². The maximum absolute atomic E-state index is 13.7. The first kappa shape index (κ1) is 27.6. The molecule has 0 aromatic heterocycles. The van der Waals surface area contributed by atoms with Gasteiger partial charge in [0.25, 0.3) is 5.91 Å². The smallest absolute Gasteiger partial charge is 0.265 e. The molecule has 2 atom stereocenters. The largest absolute Gasteiger partial charge is 0.494 e. The summed E-state index contributed by atoms with van der Waals surface area (Å²) in [4.78, 5) is 28.5. The average molecular weight is 567 g/mol. The number of nitriles is 1. The summed E-state index contributed by atoms with van der Waals surface area (Å²) in [6.07, 6.45) is 0.345. The molecule has 0 aliphatic carbocycles. The molecule has 1 heterocycles. The second kappa shape index (κ2) is 12.4. The molecule has 2 unspecified atom stereocenters. The number of hydrogen-bond donors (Lipinski definition) is 1. The first-order chi connectivity index (χ1) is 18.3. The molecule has 0 radical (unpaired) electrons. The van der Waals surface area contributed by atoms with Crippen LogP contribution in [0.15, 0.2) is 83.4 Å². The lowest BCUT2D eigenvalue weighted by Crippen LogP contribution is -2.32. The molecule has 2 amide bonds. The highest BCUT2D eigenvalue weighted by Gasteiger charge is 2.41. The van der Waals surface area contributed by atoms with Gasteiger partial charge in [-0.3, -0.25) is 14.5 Å². The van der Waals surface area contributed by atoms with Gasteiger partial charge in [-0.25, -0.2) is 0 Å². The van der Waals surface area contributed by atoms with Crippen LogP contribution in [0.3, 0.4) is 0 Å². The summed E-state index contributed by atoms with van der Waals surface area (Å²) >= 11 is 13.4. The number of benzene rings is 3. The van der Waals surface area contributed by atoms with E-state index >= 15 is 0 Å². The van der Waals surface area contributed by atoms with Gasteiger partial charge in [-0.05, 0) is 67.8 Å². The fourth-order valence-electron chi connectivity index (χ4n) is 4.05. The van der Waals surface area contributed by atoms with Crippen molar-refractivity contribution in [1.29, 1.82) is 5.26 Å². The topological polar surface area (TPSA) is 82.4 Å². The summed E-state index contributed by atoms with van der Waals surface area (Å²) in [5.74, 6) is -0.134. The Hall–Kier alpha value is -3.44. The van der Waals surface area contributed by atoms with Crippen LogP contribution >= 0.6 is 35.0 Å². The van der Waals surface area contributed by atoms with Crippen molar-refractivity contribution in [1.82, 2.24) is 5.32 Å². The molecule has 1 saturated heterocycles. The minimum atomic E-state index is -0.573. The van der Waals surface area contributed by atoms with Crippen molar-refractivity contribution < 1.29 is 14.3 Å². The third-order valence-corrected chi connectivity index (χ3v) is 7.97. The lowest BCUT2D eigenvalue weighted by Gasteiger charge is -2.20. The Labute approximate surface area is 236 Å². The van der Waals surface area contributed by atoms with Gasteiger partial charge in [-0.1, -0.05) is 71.4 Å². The van der Waals surface area contributed by atoms with Crippen LogP contribution in [0.5, 0.6) is 5.75 Å². The second-order valence-corrected chi connectivity index (χ2v) is 10.6. The van der Waals surface area contributed by atoms with Gasteiger partial charge >= 0.3 is 0 Å². The van der Waals surface area contributed by atoms with Gasteiger partial charge < -0.3 is 10.1 Å². The number of carbonyl (C=O) groups excluding carboxylic acids is 2. The Balaban J connectivity index is 1.70. The Morgan fingerprint density at radius 3 is 2.45 bits per heavy atom. The van der Waals surface area contributed by atoms with Crippen molar-refractivity contribution >= 4 is 52.5 Å². The number of hydrogen-bond acceptors (Lipinski definition) is 5. The summed E-state index contributed by atoms with van der Waals surface area (Å²) in [6, 6.07) is 23.4. The normalized spacial score (nSPS) is 17.1. The van der Waals surface area contributed by atoms with Crippen LogP contribution in [0.2, 0.25) is 10.0 Å². The molecule has 3 aromatic rings. The Kier molecular flexibility index (Phi) is 9.01. The van der Waals surface area contributed by atoms with Crippen LogP contribution in [0.25, 0.3) is 0 Å². The van der Waals surface area contributed by atoms with Crippen molar-refractivity contribution in [2.75, 3.05) is 11.5 Å². The van der Waals surface area contributed by atoms with Crippen LogP contribution in [-0.4, -0.2) is 23.7 Å². The predicted octanol–water partition coefficient (Wildman–Crippen LogP) is 6.70. The monoisotopic (exact) mass is 565 g/mol. The van der Waals surface area contributed by atoms with Gasteiger partial charge in [-0.2, -0.15) is 5.26 Å². The molecule has 3 aromatic carbocycles. The highest BCUT2D eigenvalue weighted by Crippen LogP contribution is 2.42. The number of anilines is 1. The molecular formula is C29H25Cl2N3O3S. The van der Waals surface area contributed by atoms with Gasteiger partial charge in [0.15, 0.2) is 0 Å². The van der Waals surface area contributed by atoms with E-state index in [-0.39, 0.29) is 22.6 Å². The molecule has 4 rings (SSSR count). The SMILES string of the molecule is CCOc1ccc(N2C(=O)C(Cc3ccc(Cl)c(Cl)c3)S/C2=C(/C#N)C(=O)NC(C)c2ccccc2)cc1. The minimum Gasteiger partial charge on any atom is -0.494 e. The number of thioether (sulfide) groups is 1. The number of nitrogens with one attached hydrogen (secondary N) is 1. The van der Waals surface area contributed by atoms with Crippen LogP contribution in [0.1, 0.15) is 31.0 Å². The van der Waals surface area contributed by atoms with Gasteiger partial charge in [-0.15, -0.1) is 0 Å². The minimum absolute atomic E-state index is 0.128. The first-order valence-electron chi connectivity index (χ1n) is 12.0. The molecule has 194 valence electrons. The fraction of sp³-hybridized carbons (Fsp3) is 0.207. The van der Waals surface area contributed by atoms with E-state index < -0.39 is 11.2 Å². The number of halogens is 2. The Morgan fingerprint density at radius 1 is 1.11 bits per heavy atom. The van der Waals surface area contributed by atoms with Gasteiger partial charge in [0.1, 0.15) is 22.4 Å². The third kappa shape index (κ3) is 6.16. The molecule has 6 nitrogen and oxygen atoms in total. The molecule has 9 heteroatoms. The number of nitrogens with zero attached hydrogens (tertiary/aromatic N) is 2. The van der Waals surface area contributed by atoms with E-state index in [2.05, 4.69) is 5.32 Å². The molecule has 1 aliphatic heterocycles. The fourth-order valence-corrected chi connectivity index (χ4v) is 5.68. The number of carbonyl (C=O) groups is 2. The van der Waals surface area contributed by atoms with Crippen molar-refractivity contribution in [2.45, 2.75) is 31.6 Å².